The van der Waals surface area contributed by atoms with Crippen LogP contribution in [0.4, 0.5) is 5.69 Å². The monoisotopic (exact) mass is 347 g/mol. The van der Waals surface area contributed by atoms with Crippen molar-refractivity contribution < 1.29 is 9.59 Å². The lowest BCUT2D eigenvalue weighted by atomic mass is 10.2. The summed E-state index contributed by atoms with van der Waals surface area (Å²) in [5, 5.41) is 2.73. The minimum Gasteiger partial charge on any atom is -0.366 e. The Bertz CT molecular complexity index is 993. The fraction of sp³-hybridized carbons (Fsp3) is 0.0500. The van der Waals surface area contributed by atoms with Crippen LogP contribution in [0.25, 0.3) is 0 Å². The lowest BCUT2D eigenvalue weighted by Crippen LogP contribution is -2.22. The van der Waals surface area contributed by atoms with Crippen LogP contribution in [0, 0.1) is 0 Å². The van der Waals surface area contributed by atoms with Crippen LogP contribution in [0.5, 0.6) is 0 Å². The molecule has 0 fully saturated rings. The van der Waals surface area contributed by atoms with E-state index in [0.717, 1.165) is 5.56 Å². The predicted octanol–water partition coefficient (Wildman–Crippen LogP) is 2.25. The molecule has 0 bridgehead atoms. The zero-order valence-corrected chi connectivity index (χ0v) is 13.9. The van der Waals surface area contributed by atoms with Crippen molar-refractivity contribution >= 4 is 17.5 Å². The number of nitrogens with one attached hydrogen (secondary N) is 1. The number of amides is 2. The molecule has 1 heterocycles. The fourth-order valence-corrected chi connectivity index (χ4v) is 2.49. The Morgan fingerprint density at radius 3 is 2.19 bits per heavy atom. The van der Waals surface area contributed by atoms with E-state index in [1.807, 2.05) is 30.3 Å². The average Bonchev–Trinajstić information content (AvgIpc) is 2.65. The van der Waals surface area contributed by atoms with Gasteiger partial charge >= 0.3 is 0 Å². The zero-order valence-electron chi connectivity index (χ0n) is 13.9. The normalized spacial score (nSPS) is 10.3. The third kappa shape index (κ3) is 4.05. The number of pyridine rings is 1. The van der Waals surface area contributed by atoms with E-state index in [0.29, 0.717) is 23.4 Å². The van der Waals surface area contributed by atoms with Crippen molar-refractivity contribution in [3.8, 4) is 0 Å². The smallest absolute Gasteiger partial charge is 0.257 e. The van der Waals surface area contributed by atoms with Crippen LogP contribution >= 0.6 is 0 Å². The van der Waals surface area contributed by atoms with Gasteiger partial charge in [-0.1, -0.05) is 30.3 Å². The maximum atomic E-state index is 12.4. The summed E-state index contributed by atoms with van der Waals surface area (Å²) in [4.78, 5) is 35.6. The number of carbonyl (C=O) groups is 2. The third-order valence-corrected chi connectivity index (χ3v) is 3.87. The minimum atomic E-state index is -0.532. The van der Waals surface area contributed by atoms with Gasteiger partial charge in [0, 0.05) is 23.5 Å². The van der Waals surface area contributed by atoms with Gasteiger partial charge in [-0.05, 0) is 35.9 Å². The Labute approximate surface area is 149 Å². The molecule has 3 N–H and O–H groups in total. The van der Waals surface area contributed by atoms with Gasteiger partial charge in [-0.2, -0.15) is 0 Å². The molecule has 3 rings (SSSR count). The highest BCUT2D eigenvalue weighted by Crippen LogP contribution is 2.11. The molecular formula is C20H17N3O3. The Kier molecular flexibility index (Phi) is 4.94. The first-order chi connectivity index (χ1) is 12.5. The van der Waals surface area contributed by atoms with Crippen molar-refractivity contribution in [1.29, 1.82) is 0 Å². The molecule has 0 spiro atoms. The number of anilines is 1. The van der Waals surface area contributed by atoms with E-state index in [-0.39, 0.29) is 11.5 Å². The quantitative estimate of drug-likeness (QED) is 0.741. The van der Waals surface area contributed by atoms with Crippen molar-refractivity contribution in [3.05, 3.63) is 100.0 Å². The first-order valence-electron chi connectivity index (χ1n) is 7.98. The van der Waals surface area contributed by atoms with Crippen LogP contribution < -0.4 is 16.6 Å². The molecule has 2 amide bonds. The van der Waals surface area contributed by atoms with Crippen LogP contribution in [-0.2, 0) is 6.54 Å². The second-order valence-corrected chi connectivity index (χ2v) is 5.77. The summed E-state index contributed by atoms with van der Waals surface area (Å²) in [7, 11) is 0. The summed E-state index contributed by atoms with van der Waals surface area (Å²) in [6, 6.07) is 18.6. The number of primary amides is 1. The molecule has 26 heavy (non-hydrogen) atoms. The van der Waals surface area contributed by atoms with Crippen LogP contribution in [0.1, 0.15) is 26.3 Å². The van der Waals surface area contributed by atoms with E-state index < -0.39 is 5.91 Å². The first kappa shape index (κ1) is 17.2. The minimum absolute atomic E-state index is 0.184. The molecule has 0 aliphatic rings. The molecule has 6 nitrogen and oxygen atoms in total. The van der Waals surface area contributed by atoms with Crippen molar-refractivity contribution in [3.63, 3.8) is 0 Å². The topological polar surface area (TPSA) is 94.2 Å². The van der Waals surface area contributed by atoms with Gasteiger partial charge in [0.1, 0.15) is 0 Å². The molecule has 2 aromatic carbocycles. The number of aromatic nitrogens is 1. The molecule has 0 saturated heterocycles. The number of hydrogen-bond donors (Lipinski definition) is 2. The Hall–Kier alpha value is -3.67. The molecular weight excluding hydrogens is 330 g/mol. The van der Waals surface area contributed by atoms with Crippen LogP contribution in [-0.4, -0.2) is 16.4 Å². The molecule has 0 atom stereocenters. The Morgan fingerprint density at radius 2 is 1.54 bits per heavy atom. The summed E-state index contributed by atoms with van der Waals surface area (Å²) < 4.78 is 1.49. The molecule has 0 aliphatic carbocycles. The SMILES string of the molecule is NC(=O)c1ccc(NC(=O)c2ccc(=O)n(Cc3ccccc3)c2)cc1. The number of nitrogens with two attached hydrogens (primary N) is 1. The van der Waals surface area contributed by atoms with Crippen molar-refractivity contribution in [2.45, 2.75) is 6.54 Å². The molecule has 130 valence electrons. The van der Waals surface area contributed by atoms with Gasteiger partial charge in [0.2, 0.25) is 5.91 Å². The van der Waals surface area contributed by atoms with Gasteiger partial charge in [-0.3, -0.25) is 14.4 Å². The second kappa shape index (κ2) is 7.48. The predicted molar refractivity (Wildman–Crippen MR) is 99.2 cm³/mol. The van der Waals surface area contributed by atoms with Gasteiger partial charge < -0.3 is 15.6 Å². The third-order valence-electron chi connectivity index (χ3n) is 3.87. The lowest BCUT2D eigenvalue weighted by molar-refractivity contribution is 0.0998. The number of hydrogen-bond acceptors (Lipinski definition) is 3. The van der Waals surface area contributed by atoms with E-state index >= 15 is 0 Å². The van der Waals surface area contributed by atoms with Crippen LogP contribution in [0.3, 0.4) is 0 Å². The van der Waals surface area contributed by atoms with Gasteiger partial charge in [0.05, 0.1) is 12.1 Å². The van der Waals surface area contributed by atoms with E-state index in [9.17, 15) is 14.4 Å². The Balaban J connectivity index is 1.78. The molecule has 1 aromatic heterocycles. The second-order valence-electron chi connectivity index (χ2n) is 5.77. The maximum Gasteiger partial charge on any atom is 0.257 e. The molecule has 6 heteroatoms. The first-order valence-corrected chi connectivity index (χ1v) is 7.98. The summed E-state index contributed by atoms with van der Waals surface area (Å²) in [6.45, 7) is 0.383. The Morgan fingerprint density at radius 1 is 0.885 bits per heavy atom. The van der Waals surface area contributed by atoms with E-state index in [1.54, 1.807) is 12.1 Å². The van der Waals surface area contributed by atoms with Crippen molar-refractivity contribution in [2.75, 3.05) is 5.32 Å². The molecule has 0 aliphatic heterocycles. The summed E-state index contributed by atoms with van der Waals surface area (Å²) in [6.07, 6.45) is 1.53. The standard InChI is InChI=1S/C20H17N3O3/c21-19(25)15-6-9-17(10-7-15)22-20(26)16-8-11-18(24)23(13-16)12-14-4-2-1-3-5-14/h1-11,13H,12H2,(H2,21,25)(H,22,26). The highest BCUT2D eigenvalue weighted by Gasteiger charge is 2.09. The van der Waals surface area contributed by atoms with Gasteiger partial charge in [0.25, 0.3) is 11.5 Å². The number of nitrogens with zero attached hydrogens (tertiary/aromatic N) is 1. The summed E-state index contributed by atoms with van der Waals surface area (Å²) in [5.74, 6) is -0.880. The maximum absolute atomic E-state index is 12.4. The van der Waals surface area contributed by atoms with Crippen LogP contribution in [0.2, 0.25) is 0 Å². The summed E-state index contributed by atoms with van der Waals surface area (Å²) in [5.41, 5.74) is 7.22. The highest BCUT2D eigenvalue weighted by atomic mass is 16.2. The van der Waals surface area contributed by atoms with Crippen molar-refractivity contribution in [2.24, 2.45) is 5.73 Å². The zero-order chi connectivity index (χ0) is 18.5. The largest absolute Gasteiger partial charge is 0.366 e. The number of rotatable bonds is 5. The summed E-state index contributed by atoms with van der Waals surface area (Å²) >= 11 is 0. The van der Waals surface area contributed by atoms with E-state index in [4.69, 9.17) is 5.73 Å². The number of benzene rings is 2. The van der Waals surface area contributed by atoms with E-state index in [1.165, 1.54) is 35.0 Å². The van der Waals surface area contributed by atoms with Gasteiger partial charge in [-0.15, -0.1) is 0 Å². The lowest BCUT2D eigenvalue weighted by Gasteiger charge is -2.09. The average molecular weight is 347 g/mol. The van der Waals surface area contributed by atoms with Gasteiger partial charge in [0.15, 0.2) is 0 Å². The number of carbonyl (C=O) groups excluding carboxylic acids is 2. The van der Waals surface area contributed by atoms with E-state index in [2.05, 4.69) is 5.32 Å². The highest BCUT2D eigenvalue weighted by molar-refractivity contribution is 6.04. The van der Waals surface area contributed by atoms with Gasteiger partial charge in [-0.25, -0.2) is 0 Å². The van der Waals surface area contributed by atoms with Crippen molar-refractivity contribution in [1.82, 2.24) is 4.57 Å². The fourth-order valence-electron chi connectivity index (χ4n) is 2.49. The molecule has 0 radical (unpaired) electrons. The molecule has 0 saturated carbocycles. The molecule has 3 aromatic rings. The molecule has 0 unspecified atom stereocenters. The van der Waals surface area contributed by atoms with Crippen LogP contribution in [0.15, 0.2) is 77.7 Å².